The third-order valence-corrected chi connectivity index (χ3v) is 5.27. The van der Waals surface area contributed by atoms with E-state index >= 15 is 0 Å². The van der Waals surface area contributed by atoms with Crippen LogP contribution < -0.4 is 5.32 Å². The topological polar surface area (TPSA) is 98.5 Å². The zero-order valence-corrected chi connectivity index (χ0v) is 16.0. The van der Waals surface area contributed by atoms with Gasteiger partial charge < -0.3 is 5.32 Å². The highest BCUT2D eigenvalue weighted by Gasteiger charge is 2.26. The highest BCUT2D eigenvalue weighted by molar-refractivity contribution is 5.96. The number of hydrogen-bond acceptors (Lipinski definition) is 6. The van der Waals surface area contributed by atoms with Gasteiger partial charge in [-0.15, -0.1) is 10.2 Å². The van der Waals surface area contributed by atoms with Crippen molar-refractivity contribution in [3.8, 4) is 11.4 Å². The summed E-state index contributed by atoms with van der Waals surface area (Å²) in [5.41, 5.74) is 2.96. The van der Waals surface area contributed by atoms with Crippen LogP contribution in [0.5, 0.6) is 0 Å². The van der Waals surface area contributed by atoms with Crippen LogP contribution in [0.25, 0.3) is 11.4 Å². The first-order valence-electron chi connectivity index (χ1n) is 9.56. The molecule has 0 saturated heterocycles. The Morgan fingerprint density at radius 2 is 1.71 bits per heavy atom. The second-order valence-electron chi connectivity index (χ2n) is 7.20. The summed E-state index contributed by atoms with van der Waals surface area (Å²) in [5, 5.41) is 16.1. The van der Waals surface area contributed by atoms with Crippen molar-refractivity contribution in [1.82, 2.24) is 35.5 Å². The lowest BCUT2D eigenvalue weighted by atomic mass is 9.91. The number of carbonyl (C=O) groups is 1. The van der Waals surface area contributed by atoms with Crippen molar-refractivity contribution in [3.05, 3.63) is 53.6 Å². The van der Waals surface area contributed by atoms with Gasteiger partial charge in [0.1, 0.15) is 6.33 Å². The van der Waals surface area contributed by atoms with Crippen molar-refractivity contribution in [2.24, 2.45) is 0 Å². The van der Waals surface area contributed by atoms with Gasteiger partial charge in [-0.05, 0) is 44.7 Å². The van der Waals surface area contributed by atoms with E-state index in [-0.39, 0.29) is 18.0 Å². The van der Waals surface area contributed by atoms with Crippen molar-refractivity contribution in [3.63, 3.8) is 0 Å². The van der Waals surface area contributed by atoms with Crippen LogP contribution in [0.1, 0.15) is 53.5 Å². The van der Waals surface area contributed by atoms with E-state index in [1.165, 1.54) is 6.33 Å². The molecule has 8 heteroatoms. The lowest BCUT2D eigenvalue weighted by Crippen LogP contribution is -2.39. The Hall–Kier alpha value is -3.16. The molecule has 144 valence electrons. The summed E-state index contributed by atoms with van der Waals surface area (Å²) in [6.45, 7) is 3.67. The molecular formula is C20H23N7O. The van der Waals surface area contributed by atoms with Gasteiger partial charge in [0, 0.05) is 11.6 Å². The molecule has 0 radical (unpaired) electrons. The first kappa shape index (κ1) is 18.2. The highest BCUT2D eigenvalue weighted by atomic mass is 16.1. The number of hydrogen-bond donors (Lipinski definition) is 1. The van der Waals surface area contributed by atoms with Crippen LogP contribution in [0.15, 0.2) is 36.7 Å². The van der Waals surface area contributed by atoms with Crippen LogP contribution in [0.2, 0.25) is 0 Å². The van der Waals surface area contributed by atoms with Crippen molar-refractivity contribution in [1.29, 1.82) is 0 Å². The molecule has 0 bridgehead atoms. The van der Waals surface area contributed by atoms with Gasteiger partial charge in [-0.3, -0.25) is 4.79 Å². The van der Waals surface area contributed by atoms with E-state index < -0.39 is 0 Å². The second-order valence-corrected chi connectivity index (χ2v) is 7.20. The van der Waals surface area contributed by atoms with E-state index in [1.54, 1.807) is 4.80 Å². The third-order valence-electron chi connectivity index (χ3n) is 5.27. The monoisotopic (exact) mass is 377 g/mol. The summed E-state index contributed by atoms with van der Waals surface area (Å²) in [5.74, 6) is 0.551. The first-order chi connectivity index (χ1) is 13.6. The van der Waals surface area contributed by atoms with Gasteiger partial charge in [0.2, 0.25) is 5.82 Å². The van der Waals surface area contributed by atoms with Gasteiger partial charge in [-0.2, -0.15) is 4.80 Å². The zero-order chi connectivity index (χ0) is 19.5. The molecule has 2 aromatic heterocycles. The number of carbonyl (C=O) groups excluding carboxylic acids is 1. The molecule has 1 amide bonds. The Bertz CT molecular complexity index is 941. The predicted molar refractivity (Wildman–Crippen MR) is 104 cm³/mol. The summed E-state index contributed by atoms with van der Waals surface area (Å²) in [6.07, 6.45) is 5.05. The fourth-order valence-electron chi connectivity index (χ4n) is 3.71. The molecule has 0 spiro atoms. The predicted octanol–water partition coefficient (Wildman–Crippen LogP) is 2.66. The molecule has 8 nitrogen and oxygen atoms in total. The molecule has 0 aliphatic heterocycles. The molecule has 1 aromatic carbocycles. The lowest BCUT2D eigenvalue weighted by Gasteiger charge is -2.28. The molecule has 0 unspecified atom stereocenters. The largest absolute Gasteiger partial charge is 0.349 e. The number of amides is 1. The number of aryl methyl sites for hydroxylation is 2. The molecule has 1 fully saturated rings. The van der Waals surface area contributed by atoms with E-state index in [0.29, 0.717) is 22.8 Å². The fraction of sp³-hybridized carbons (Fsp3) is 0.400. The van der Waals surface area contributed by atoms with E-state index in [2.05, 4.69) is 30.7 Å². The molecule has 4 rings (SSSR count). The molecule has 3 aromatic rings. The van der Waals surface area contributed by atoms with E-state index in [0.717, 1.165) is 31.2 Å². The van der Waals surface area contributed by atoms with Crippen molar-refractivity contribution < 1.29 is 4.79 Å². The summed E-state index contributed by atoms with van der Waals surface area (Å²) >= 11 is 0. The number of tetrazole rings is 1. The summed E-state index contributed by atoms with van der Waals surface area (Å²) in [4.78, 5) is 22.6. The van der Waals surface area contributed by atoms with Gasteiger partial charge in [-0.25, -0.2) is 9.97 Å². The van der Waals surface area contributed by atoms with Gasteiger partial charge in [0.15, 0.2) is 0 Å². The minimum absolute atomic E-state index is 0.0932. The van der Waals surface area contributed by atoms with Crippen LogP contribution in [0.4, 0.5) is 0 Å². The van der Waals surface area contributed by atoms with Crippen LogP contribution in [0.3, 0.4) is 0 Å². The second kappa shape index (κ2) is 7.84. The average Bonchev–Trinajstić information content (AvgIpc) is 3.19. The third kappa shape index (κ3) is 3.76. The minimum atomic E-state index is -0.0932. The summed E-state index contributed by atoms with van der Waals surface area (Å²) in [7, 11) is 0. The van der Waals surface area contributed by atoms with Crippen LogP contribution in [0, 0.1) is 13.8 Å². The highest BCUT2D eigenvalue weighted by Crippen LogP contribution is 2.28. The maximum Gasteiger partial charge on any atom is 0.255 e. The molecule has 0 atom stereocenters. The number of rotatable bonds is 4. The van der Waals surface area contributed by atoms with Crippen LogP contribution in [-0.4, -0.2) is 42.1 Å². The van der Waals surface area contributed by atoms with Crippen molar-refractivity contribution in [2.75, 3.05) is 0 Å². The number of aromatic nitrogens is 6. The normalized spacial score (nSPS) is 19.4. The number of nitrogens with one attached hydrogen (secondary N) is 1. The maximum atomic E-state index is 12.6. The smallest absolute Gasteiger partial charge is 0.255 e. The summed E-state index contributed by atoms with van der Waals surface area (Å²) < 4.78 is 0. The van der Waals surface area contributed by atoms with E-state index in [4.69, 9.17) is 0 Å². The van der Waals surface area contributed by atoms with Crippen LogP contribution in [-0.2, 0) is 0 Å². The first-order valence-corrected chi connectivity index (χ1v) is 9.56. The standard InChI is InChI=1S/C20H23N7O/c1-13-18(14(2)22-12-21-13)20(28)23-16-8-10-17(11-9-16)27-25-19(24-26-27)15-6-4-3-5-7-15/h3-7,12,16-17H,8-11H2,1-2H3,(H,23,28). The van der Waals surface area contributed by atoms with Gasteiger partial charge in [0.05, 0.1) is 23.0 Å². The van der Waals surface area contributed by atoms with Crippen molar-refractivity contribution >= 4 is 5.91 Å². The quantitative estimate of drug-likeness (QED) is 0.750. The van der Waals surface area contributed by atoms with E-state index in [1.807, 2.05) is 44.2 Å². The molecule has 1 saturated carbocycles. The van der Waals surface area contributed by atoms with Gasteiger partial charge in [0.25, 0.3) is 5.91 Å². The van der Waals surface area contributed by atoms with Gasteiger partial charge in [-0.1, -0.05) is 30.3 Å². The zero-order valence-electron chi connectivity index (χ0n) is 16.0. The number of benzene rings is 1. The Morgan fingerprint density at radius 3 is 2.39 bits per heavy atom. The molecule has 28 heavy (non-hydrogen) atoms. The Balaban J connectivity index is 1.36. The Kier molecular flexibility index (Phi) is 5.10. The Morgan fingerprint density at radius 1 is 1.04 bits per heavy atom. The molecule has 1 aliphatic rings. The molecule has 1 N–H and O–H groups in total. The average molecular weight is 377 g/mol. The van der Waals surface area contributed by atoms with Gasteiger partial charge >= 0.3 is 0 Å². The SMILES string of the molecule is Cc1ncnc(C)c1C(=O)NC1CCC(n2nnc(-c3ccccc3)n2)CC1. The Labute approximate surface area is 163 Å². The lowest BCUT2D eigenvalue weighted by molar-refractivity contribution is 0.0918. The molecule has 2 heterocycles. The number of nitrogens with zero attached hydrogens (tertiary/aromatic N) is 6. The maximum absolute atomic E-state index is 12.6. The molecule has 1 aliphatic carbocycles. The fourth-order valence-corrected chi connectivity index (χ4v) is 3.71. The van der Waals surface area contributed by atoms with Crippen LogP contribution >= 0.6 is 0 Å². The van der Waals surface area contributed by atoms with Crippen molar-refractivity contribution in [2.45, 2.75) is 51.6 Å². The summed E-state index contributed by atoms with van der Waals surface area (Å²) in [6, 6.07) is 10.2. The minimum Gasteiger partial charge on any atom is -0.349 e. The van der Waals surface area contributed by atoms with E-state index in [9.17, 15) is 4.79 Å². The molecular weight excluding hydrogens is 354 g/mol.